The van der Waals surface area contributed by atoms with Gasteiger partial charge in [0, 0.05) is 12.1 Å². The number of ether oxygens (including phenoxy) is 2. The molecule has 0 saturated heterocycles. The predicted molar refractivity (Wildman–Crippen MR) is 96.3 cm³/mol. The summed E-state index contributed by atoms with van der Waals surface area (Å²) in [6, 6.07) is 5.28. The maximum Gasteiger partial charge on any atom is 0.408 e. The second-order valence-corrected chi connectivity index (χ2v) is 7.18. The number of aliphatic carboxylic acids is 1. The van der Waals surface area contributed by atoms with Gasteiger partial charge >= 0.3 is 12.1 Å². The van der Waals surface area contributed by atoms with E-state index >= 15 is 0 Å². The van der Waals surface area contributed by atoms with Gasteiger partial charge in [0.25, 0.3) is 0 Å². The minimum Gasteiger partial charge on any atom is -0.482 e. The largest absolute Gasteiger partial charge is 0.482 e. The molecule has 2 aromatic rings. The maximum atomic E-state index is 11.9. The number of carbonyl (C=O) groups is 2. The van der Waals surface area contributed by atoms with E-state index in [4.69, 9.17) is 14.6 Å². The Labute approximate surface area is 152 Å². The second-order valence-electron chi connectivity index (χ2n) is 7.18. The van der Waals surface area contributed by atoms with E-state index in [0.717, 1.165) is 11.0 Å². The fraction of sp³-hybridized carbons (Fsp3) is 0.500. The zero-order valence-electron chi connectivity index (χ0n) is 15.7. The van der Waals surface area contributed by atoms with Crippen molar-refractivity contribution in [2.75, 3.05) is 6.61 Å². The number of nitrogens with one attached hydrogen (secondary N) is 1. The van der Waals surface area contributed by atoms with Gasteiger partial charge in [-0.25, -0.2) is 14.6 Å². The highest BCUT2D eigenvalue weighted by atomic mass is 16.6. The number of rotatable bonds is 6. The molecule has 1 amide bonds. The molecule has 0 aliphatic rings. The van der Waals surface area contributed by atoms with Crippen molar-refractivity contribution in [1.82, 2.24) is 14.9 Å². The first-order valence-electron chi connectivity index (χ1n) is 8.39. The number of nitrogens with zero attached hydrogens (tertiary/aromatic N) is 2. The van der Waals surface area contributed by atoms with Gasteiger partial charge in [0.05, 0.1) is 17.6 Å². The van der Waals surface area contributed by atoms with Crippen molar-refractivity contribution in [3.8, 4) is 5.75 Å². The first-order chi connectivity index (χ1) is 12.1. The topological polar surface area (TPSA) is 103 Å². The lowest BCUT2D eigenvalue weighted by Crippen LogP contribution is -2.32. The van der Waals surface area contributed by atoms with Gasteiger partial charge in [-0.2, -0.15) is 0 Å². The minimum absolute atomic E-state index is 0.0881. The molecular weight excluding hydrogens is 338 g/mol. The molecule has 8 heteroatoms. The molecule has 1 aromatic heterocycles. The molecular formula is C18H25N3O5. The lowest BCUT2D eigenvalue weighted by Gasteiger charge is -2.20. The smallest absolute Gasteiger partial charge is 0.408 e. The number of carbonyl (C=O) groups excluding carboxylic acids is 1. The Morgan fingerprint density at radius 3 is 2.58 bits per heavy atom. The molecule has 1 aromatic carbocycles. The SMILES string of the molecule is CC(C)n1c(CNC(=O)OC(C)(C)C)nc2ccc(OCC(=O)O)cc21. The van der Waals surface area contributed by atoms with Crippen LogP contribution in [0.4, 0.5) is 4.79 Å². The van der Waals surface area contributed by atoms with Crippen LogP contribution in [0.5, 0.6) is 5.75 Å². The number of fused-ring (bicyclic) bond motifs is 1. The quantitative estimate of drug-likeness (QED) is 0.817. The molecule has 0 aliphatic heterocycles. The first kappa shape index (κ1) is 19.6. The van der Waals surface area contributed by atoms with Crippen LogP contribution in [0.2, 0.25) is 0 Å². The van der Waals surface area contributed by atoms with Crippen molar-refractivity contribution in [1.29, 1.82) is 0 Å². The van der Waals surface area contributed by atoms with E-state index in [1.54, 1.807) is 39.0 Å². The van der Waals surface area contributed by atoms with Crippen LogP contribution in [-0.2, 0) is 16.1 Å². The molecule has 0 atom stereocenters. The third kappa shape index (κ3) is 5.11. The number of carboxylic acids is 1. The van der Waals surface area contributed by atoms with Gasteiger partial charge in [0.15, 0.2) is 6.61 Å². The van der Waals surface area contributed by atoms with E-state index in [-0.39, 0.29) is 12.6 Å². The number of benzene rings is 1. The highest BCUT2D eigenvalue weighted by Crippen LogP contribution is 2.25. The Balaban J connectivity index is 2.24. The Bertz CT molecular complexity index is 805. The van der Waals surface area contributed by atoms with Crippen molar-refractivity contribution >= 4 is 23.1 Å². The van der Waals surface area contributed by atoms with Crippen LogP contribution >= 0.6 is 0 Å². The van der Waals surface area contributed by atoms with Gasteiger partial charge in [-0.3, -0.25) is 0 Å². The standard InChI is InChI=1S/C18H25N3O5/c1-11(2)21-14-8-12(25-10-16(22)23)6-7-13(14)20-15(21)9-19-17(24)26-18(3,4)5/h6-8,11H,9-10H2,1-5H3,(H,19,24)(H,22,23). The van der Waals surface area contributed by atoms with Crippen molar-refractivity contribution < 1.29 is 24.2 Å². The van der Waals surface area contributed by atoms with E-state index in [9.17, 15) is 9.59 Å². The van der Waals surface area contributed by atoms with Crippen molar-refractivity contribution in [3.63, 3.8) is 0 Å². The molecule has 1 heterocycles. The fourth-order valence-corrected chi connectivity index (χ4v) is 2.52. The number of hydrogen-bond acceptors (Lipinski definition) is 5. The Hall–Kier alpha value is -2.77. The summed E-state index contributed by atoms with van der Waals surface area (Å²) in [6.07, 6.45) is -0.509. The number of amides is 1. The number of alkyl carbamates (subject to hydrolysis) is 1. The van der Waals surface area contributed by atoms with Crippen molar-refractivity contribution in [2.45, 2.75) is 52.8 Å². The van der Waals surface area contributed by atoms with Crippen LogP contribution in [0, 0.1) is 0 Å². The number of hydrogen-bond donors (Lipinski definition) is 2. The zero-order valence-corrected chi connectivity index (χ0v) is 15.7. The number of carboxylic acid groups (broad SMARTS) is 1. The molecule has 26 heavy (non-hydrogen) atoms. The predicted octanol–water partition coefficient (Wildman–Crippen LogP) is 3.11. The van der Waals surface area contributed by atoms with E-state index < -0.39 is 24.3 Å². The van der Waals surface area contributed by atoms with Crippen molar-refractivity contribution in [2.24, 2.45) is 0 Å². The van der Waals surface area contributed by atoms with Gasteiger partial charge in [-0.05, 0) is 46.8 Å². The molecule has 0 unspecified atom stereocenters. The normalized spacial score (nSPS) is 11.6. The third-order valence-electron chi connectivity index (χ3n) is 3.40. The Morgan fingerprint density at radius 1 is 1.31 bits per heavy atom. The second kappa shape index (κ2) is 7.63. The summed E-state index contributed by atoms with van der Waals surface area (Å²) in [6.45, 7) is 9.21. The lowest BCUT2D eigenvalue weighted by atomic mass is 10.2. The fourth-order valence-electron chi connectivity index (χ4n) is 2.52. The molecule has 0 spiro atoms. The molecule has 142 valence electrons. The third-order valence-corrected chi connectivity index (χ3v) is 3.40. The first-order valence-corrected chi connectivity index (χ1v) is 8.39. The molecule has 2 N–H and O–H groups in total. The number of imidazole rings is 1. The monoisotopic (exact) mass is 363 g/mol. The minimum atomic E-state index is -1.04. The summed E-state index contributed by atoms with van der Waals surface area (Å²) in [7, 11) is 0. The van der Waals surface area contributed by atoms with Gasteiger partial charge in [-0.1, -0.05) is 0 Å². The van der Waals surface area contributed by atoms with Gasteiger partial charge < -0.3 is 24.5 Å². The van der Waals surface area contributed by atoms with E-state index in [1.807, 2.05) is 18.4 Å². The summed E-state index contributed by atoms with van der Waals surface area (Å²) >= 11 is 0. The maximum absolute atomic E-state index is 11.9. The van der Waals surface area contributed by atoms with E-state index in [2.05, 4.69) is 10.3 Å². The Morgan fingerprint density at radius 2 is 2.00 bits per heavy atom. The molecule has 0 radical (unpaired) electrons. The van der Waals surface area contributed by atoms with E-state index in [1.165, 1.54) is 0 Å². The molecule has 8 nitrogen and oxygen atoms in total. The number of aromatic nitrogens is 2. The Kier molecular flexibility index (Phi) is 5.74. The van der Waals surface area contributed by atoms with E-state index in [0.29, 0.717) is 11.6 Å². The molecule has 0 aliphatic carbocycles. The van der Waals surface area contributed by atoms with Gasteiger partial charge in [0.1, 0.15) is 17.2 Å². The van der Waals surface area contributed by atoms with Crippen LogP contribution in [0.1, 0.15) is 46.5 Å². The zero-order chi connectivity index (χ0) is 19.5. The van der Waals surface area contributed by atoms with Crippen LogP contribution in [0.25, 0.3) is 11.0 Å². The molecule has 0 fully saturated rings. The average Bonchev–Trinajstić information content (AvgIpc) is 2.87. The average molecular weight is 363 g/mol. The summed E-state index contributed by atoms with van der Waals surface area (Å²) in [5.74, 6) is 0.0920. The summed E-state index contributed by atoms with van der Waals surface area (Å²) in [4.78, 5) is 27.1. The molecule has 0 bridgehead atoms. The lowest BCUT2D eigenvalue weighted by molar-refractivity contribution is -0.139. The summed E-state index contributed by atoms with van der Waals surface area (Å²) in [5.41, 5.74) is 0.977. The summed E-state index contributed by atoms with van der Waals surface area (Å²) in [5, 5.41) is 11.5. The van der Waals surface area contributed by atoms with Crippen LogP contribution in [0.15, 0.2) is 18.2 Å². The van der Waals surface area contributed by atoms with Crippen molar-refractivity contribution in [3.05, 3.63) is 24.0 Å². The highest BCUT2D eigenvalue weighted by Gasteiger charge is 2.18. The van der Waals surface area contributed by atoms with Crippen LogP contribution < -0.4 is 10.1 Å². The van der Waals surface area contributed by atoms with Crippen LogP contribution in [-0.4, -0.2) is 38.9 Å². The van der Waals surface area contributed by atoms with Gasteiger partial charge in [-0.15, -0.1) is 0 Å². The highest BCUT2D eigenvalue weighted by molar-refractivity contribution is 5.78. The summed E-state index contributed by atoms with van der Waals surface area (Å²) < 4.78 is 12.5. The molecule has 2 rings (SSSR count). The molecule has 0 saturated carbocycles. The van der Waals surface area contributed by atoms with Crippen LogP contribution in [0.3, 0.4) is 0 Å². The van der Waals surface area contributed by atoms with Gasteiger partial charge in [0.2, 0.25) is 0 Å².